The van der Waals surface area contributed by atoms with Crippen LogP contribution in [0.25, 0.3) is 11.5 Å². The predicted octanol–water partition coefficient (Wildman–Crippen LogP) is 3.37. The molecule has 3 rings (SSSR count). The van der Waals surface area contributed by atoms with Gasteiger partial charge >= 0.3 is 5.97 Å². The zero-order valence-corrected chi connectivity index (χ0v) is 13.7. The molecule has 2 aromatic carbocycles. The molecule has 1 heterocycles. The van der Waals surface area contributed by atoms with Crippen molar-refractivity contribution in [2.45, 2.75) is 13.0 Å². The summed E-state index contributed by atoms with van der Waals surface area (Å²) in [6.07, 6.45) is -0.775. The van der Waals surface area contributed by atoms with Crippen LogP contribution in [0.1, 0.15) is 29.3 Å². The van der Waals surface area contributed by atoms with Crippen molar-refractivity contribution in [1.29, 1.82) is 0 Å². The van der Waals surface area contributed by atoms with E-state index in [1.807, 2.05) is 30.3 Å². The molecule has 0 aliphatic carbocycles. The van der Waals surface area contributed by atoms with Crippen molar-refractivity contribution in [2.24, 2.45) is 0 Å². The van der Waals surface area contributed by atoms with E-state index in [0.29, 0.717) is 5.89 Å². The number of carbonyl (C=O) groups excluding carboxylic acids is 1. The average molecular weight is 340 g/mol. The Morgan fingerprint density at radius 1 is 1.12 bits per heavy atom. The Morgan fingerprint density at radius 3 is 2.60 bits per heavy atom. The third kappa shape index (κ3) is 3.45. The smallest absolute Gasteiger partial charge is 0.342 e. The summed E-state index contributed by atoms with van der Waals surface area (Å²) >= 11 is 0. The van der Waals surface area contributed by atoms with Crippen molar-refractivity contribution >= 4 is 5.97 Å². The van der Waals surface area contributed by atoms with Crippen LogP contribution in [0.3, 0.4) is 0 Å². The highest BCUT2D eigenvalue weighted by atomic mass is 16.6. The molecule has 3 aromatic rings. The van der Waals surface area contributed by atoms with Crippen molar-refractivity contribution in [2.75, 3.05) is 7.11 Å². The molecular formula is C18H16N2O5. The molecule has 1 atom stereocenters. The van der Waals surface area contributed by atoms with Gasteiger partial charge in [0.05, 0.1) is 7.11 Å². The molecule has 0 fully saturated rings. The maximum absolute atomic E-state index is 12.3. The molecule has 0 saturated heterocycles. The molecule has 1 N–H and O–H groups in total. The maximum atomic E-state index is 12.3. The number of methoxy groups -OCH3 is 1. The van der Waals surface area contributed by atoms with Gasteiger partial charge < -0.3 is 19.0 Å². The first-order chi connectivity index (χ1) is 12.1. The van der Waals surface area contributed by atoms with Gasteiger partial charge in [-0.05, 0) is 31.2 Å². The van der Waals surface area contributed by atoms with Crippen molar-refractivity contribution in [3.8, 4) is 23.0 Å². The third-order valence-electron chi connectivity index (χ3n) is 3.53. The van der Waals surface area contributed by atoms with Crippen LogP contribution in [0.2, 0.25) is 0 Å². The number of aromatic nitrogens is 2. The molecule has 0 bridgehead atoms. The monoisotopic (exact) mass is 340 g/mol. The number of phenols is 1. The molecule has 7 nitrogen and oxygen atoms in total. The van der Waals surface area contributed by atoms with Gasteiger partial charge in [-0.1, -0.05) is 24.3 Å². The average Bonchev–Trinajstić information content (AvgIpc) is 3.13. The standard InChI is InChI=1S/C18H16N2O5/c1-11(16-19-20-17(25-16)12-7-4-3-5-8-12)24-18(22)13-9-6-10-14(23-2)15(13)21/h3-11,21H,1-2H3. The fourth-order valence-corrected chi connectivity index (χ4v) is 2.22. The number of rotatable bonds is 5. The van der Waals surface area contributed by atoms with Crippen molar-refractivity contribution in [3.05, 3.63) is 60.0 Å². The number of benzene rings is 2. The number of hydrogen-bond donors (Lipinski definition) is 1. The van der Waals surface area contributed by atoms with Crippen LogP contribution < -0.4 is 4.74 Å². The minimum atomic E-state index is -0.775. The number of nitrogens with zero attached hydrogens (tertiary/aromatic N) is 2. The van der Waals surface area contributed by atoms with Gasteiger partial charge in [-0.3, -0.25) is 0 Å². The molecule has 128 valence electrons. The number of phenolic OH excluding ortho intramolecular Hbond substituents is 1. The van der Waals surface area contributed by atoms with Crippen LogP contribution in [0.4, 0.5) is 0 Å². The normalized spacial score (nSPS) is 11.8. The first-order valence-electron chi connectivity index (χ1n) is 7.56. The SMILES string of the molecule is COc1cccc(C(=O)OC(C)c2nnc(-c3ccccc3)o2)c1O. The molecular weight excluding hydrogens is 324 g/mol. The second kappa shape index (κ2) is 7.04. The van der Waals surface area contributed by atoms with Gasteiger partial charge in [0.1, 0.15) is 5.56 Å². The van der Waals surface area contributed by atoms with Crippen LogP contribution in [0, 0.1) is 0 Å². The molecule has 7 heteroatoms. The molecule has 1 unspecified atom stereocenters. The second-order valence-electron chi connectivity index (χ2n) is 5.22. The zero-order valence-electron chi connectivity index (χ0n) is 13.7. The highest BCUT2D eigenvalue weighted by molar-refractivity contribution is 5.93. The summed E-state index contributed by atoms with van der Waals surface area (Å²) in [5.74, 6) is -0.315. The van der Waals surface area contributed by atoms with Gasteiger partial charge in [-0.15, -0.1) is 10.2 Å². The molecule has 0 aliphatic rings. The Kier molecular flexibility index (Phi) is 4.65. The summed E-state index contributed by atoms with van der Waals surface area (Å²) in [6.45, 7) is 1.61. The number of aromatic hydroxyl groups is 1. The number of hydrogen-bond acceptors (Lipinski definition) is 7. The van der Waals surface area contributed by atoms with Crippen molar-refractivity contribution in [1.82, 2.24) is 10.2 Å². The minimum absolute atomic E-state index is 0.00556. The van der Waals surface area contributed by atoms with E-state index in [1.54, 1.807) is 19.1 Å². The Morgan fingerprint density at radius 2 is 1.88 bits per heavy atom. The van der Waals surface area contributed by atoms with Gasteiger partial charge in [-0.25, -0.2) is 4.79 Å². The Balaban J connectivity index is 1.75. The van der Waals surface area contributed by atoms with Crippen LogP contribution in [0.5, 0.6) is 11.5 Å². The van der Waals surface area contributed by atoms with E-state index in [4.69, 9.17) is 13.9 Å². The van der Waals surface area contributed by atoms with Gasteiger partial charge in [0.25, 0.3) is 5.89 Å². The minimum Gasteiger partial charge on any atom is -0.504 e. The van der Waals surface area contributed by atoms with E-state index in [1.165, 1.54) is 13.2 Å². The van der Waals surface area contributed by atoms with E-state index < -0.39 is 12.1 Å². The van der Waals surface area contributed by atoms with Gasteiger partial charge in [0.15, 0.2) is 17.6 Å². The van der Waals surface area contributed by atoms with Crippen LogP contribution in [-0.4, -0.2) is 28.4 Å². The maximum Gasteiger partial charge on any atom is 0.342 e. The summed E-state index contributed by atoms with van der Waals surface area (Å²) < 4.78 is 15.8. The van der Waals surface area contributed by atoms with Crippen LogP contribution >= 0.6 is 0 Å². The Hall–Kier alpha value is -3.35. The highest BCUT2D eigenvalue weighted by Gasteiger charge is 2.22. The third-order valence-corrected chi connectivity index (χ3v) is 3.53. The second-order valence-corrected chi connectivity index (χ2v) is 5.22. The lowest BCUT2D eigenvalue weighted by Crippen LogP contribution is -2.10. The fraction of sp³-hybridized carbons (Fsp3) is 0.167. The zero-order chi connectivity index (χ0) is 17.8. The molecule has 25 heavy (non-hydrogen) atoms. The number of esters is 1. The van der Waals surface area contributed by atoms with E-state index in [0.717, 1.165) is 5.56 Å². The Bertz CT molecular complexity index is 876. The molecule has 1 aromatic heterocycles. The van der Waals surface area contributed by atoms with Crippen molar-refractivity contribution < 1.29 is 23.8 Å². The first kappa shape index (κ1) is 16.5. The number of ether oxygens (including phenoxy) is 2. The summed E-state index contributed by atoms with van der Waals surface area (Å²) in [5.41, 5.74) is 0.763. The first-order valence-corrected chi connectivity index (χ1v) is 7.56. The largest absolute Gasteiger partial charge is 0.504 e. The van der Waals surface area contributed by atoms with Gasteiger partial charge in [-0.2, -0.15) is 0 Å². The quantitative estimate of drug-likeness (QED) is 0.711. The summed E-state index contributed by atoms with van der Waals surface area (Å²) in [4.78, 5) is 12.3. The lowest BCUT2D eigenvalue weighted by atomic mass is 10.2. The fourth-order valence-electron chi connectivity index (χ4n) is 2.22. The van der Waals surface area contributed by atoms with Crippen molar-refractivity contribution in [3.63, 3.8) is 0 Å². The number of carbonyl (C=O) groups is 1. The molecule has 0 radical (unpaired) electrons. The lowest BCUT2D eigenvalue weighted by molar-refractivity contribution is 0.0276. The van der Waals surface area contributed by atoms with E-state index >= 15 is 0 Å². The Labute approximate surface area is 143 Å². The van der Waals surface area contributed by atoms with Crippen LogP contribution in [-0.2, 0) is 4.74 Å². The molecule has 0 aliphatic heterocycles. The van der Waals surface area contributed by atoms with E-state index in [2.05, 4.69) is 10.2 Å². The topological polar surface area (TPSA) is 94.7 Å². The summed E-state index contributed by atoms with van der Waals surface area (Å²) in [7, 11) is 1.40. The van der Waals surface area contributed by atoms with Crippen LogP contribution in [0.15, 0.2) is 52.9 Å². The van der Waals surface area contributed by atoms with Gasteiger partial charge in [0, 0.05) is 5.56 Å². The predicted molar refractivity (Wildman–Crippen MR) is 88.2 cm³/mol. The lowest BCUT2D eigenvalue weighted by Gasteiger charge is -2.11. The highest BCUT2D eigenvalue weighted by Crippen LogP contribution is 2.31. The summed E-state index contributed by atoms with van der Waals surface area (Å²) in [5, 5.41) is 17.9. The molecule has 0 spiro atoms. The van der Waals surface area contributed by atoms with E-state index in [9.17, 15) is 9.90 Å². The molecule has 0 saturated carbocycles. The summed E-state index contributed by atoms with van der Waals surface area (Å²) in [6, 6.07) is 13.8. The number of para-hydroxylation sites is 1. The molecule has 0 amide bonds. The van der Waals surface area contributed by atoms with E-state index in [-0.39, 0.29) is 23.0 Å². The van der Waals surface area contributed by atoms with Gasteiger partial charge in [0.2, 0.25) is 5.89 Å².